The fraction of sp³-hybridized carbons (Fsp3) is 0.385. The molecule has 1 aromatic carbocycles. The summed E-state index contributed by atoms with van der Waals surface area (Å²) in [6.45, 7) is 0.579. The topological polar surface area (TPSA) is 70.0 Å². The van der Waals surface area contributed by atoms with Gasteiger partial charge >= 0.3 is 6.09 Å². The van der Waals surface area contributed by atoms with Crippen LogP contribution in [0.2, 0.25) is 0 Å². The molecule has 0 atom stereocenters. The van der Waals surface area contributed by atoms with Crippen molar-refractivity contribution in [1.29, 1.82) is 0 Å². The Kier molecular flexibility index (Phi) is 3.62. The van der Waals surface area contributed by atoms with E-state index in [0.29, 0.717) is 18.4 Å². The molecular formula is C13H13FN2O3. The van der Waals surface area contributed by atoms with Crippen molar-refractivity contribution in [2.75, 3.05) is 13.1 Å². The summed E-state index contributed by atoms with van der Waals surface area (Å²) < 4.78 is 12.9. The zero-order valence-corrected chi connectivity index (χ0v) is 10.2. The molecule has 0 radical (unpaired) electrons. The van der Waals surface area contributed by atoms with E-state index in [1.54, 1.807) is 18.2 Å². The first kappa shape index (κ1) is 13.2. The molecule has 0 unspecified atom stereocenters. The minimum Gasteiger partial charge on any atom is -0.465 e. The number of nitrogens with zero attached hydrogens (tertiary/aromatic N) is 2. The van der Waals surface area contributed by atoms with E-state index in [2.05, 4.69) is 4.99 Å². The number of aliphatic imine (C=N–C) groups is 1. The van der Waals surface area contributed by atoms with E-state index in [1.807, 2.05) is 0 Å². The second-order valence-electron chi connectivity index (χ2n) is 4.51. The molecule has 5 nitrogen and oxygen atoms in total. The van der Waals surface area contributed by atoms with Gasteiger partial charge in [0, 0.05) is 13.1 Å². The molecule has 1 fully saturated rings. The molecule has 1 aliphatic heterocycles. The predicted molar refractivity (Wildman–Crippen MR) is 65.0 cm³/mol. The van der Waals surface area contributed by atoms with Gasteiger partial charge in [-0.3, -0.25) is 0 Å². The molecular weight excluding hydrogens is 251 g/mol. The van der Waals surface area contributed by atoms with E-state index < -0.39 is 11.6 Å². The number of carbonyl (C=O) groups is 1. The smallest absolute Gasteiger partial charge is 0.407 e. The van der Waals surface area contributed by atoms with Crippen molar-refractivity contribution < 1.29 is 19.1 Å². The Labute approximate surface area is 109 Å². The summed E-state index contributed by atoms with van der Waals surface area (Å²) in [7, 11) is 0. The number of hydrogen-bond donors (Lipinski definition) is 1. The average molecular weight is 264 g/mol. The zero-order chi connectivity index (χ0) is 13.9. The van der Waals surface area contributed by atoms with Crippen LogP contribution in [-0.2, 0) is 10.3 Å². The number of hydrogen-bond acceptors (Lipinski definition) is 3. The van der Waals surface area contributed by atoms with Gasteiger partial charge in [0.2, 0.25) is 6.08 Å². The lowest BCUT2D eigenvalue weighted by molar-refractivity contribution is 0.118. The molecule has 0 bridgehead atoms. The second kappa shape index (κ2) is 5.20. The monoisotopic (exact) mass is 264 g/mol. The van der Waals surface area contributed by atoms with Gasteiger partial charge in [0.05, 0.1) is 0 Å². The SMILES string of the molecule is O=C=NC1(c2ccc(F)cc2)CCN(C(=O)O)CC1. The Balaban J connectivity index is 2.28. The summed E-state index contributed by atoms with van der Waals surface area (Å²) in [6.07, 6.45) is 1.35. The highest BCUT2D eigenvalue weighted by Crippen LogP contribution is 2.36. The molecule has 0 saturated carbocycles. The van der Waals surface area contributed by atoms with Gasteiger partial charge in [0.25, 0.3) is 0 Å². The summed E-state index contributed by atoms with van der Waals surface area (Å²) in [5.41, 5.74) is -0.0798. The summed E-state index contributed by atoms with van der Waals surface area (Å²) in [6, 6.07) is 5.77. The number of benzene rings is 1. The molecule has 1 saturated heterocycles. The lowest BCUT2D eigenvalue weighted by Crippen LogP contribution is -2.43. The van der Waals surface area contributed by atoms with Gasteiger partial charge in [-0.25, -0.2) is 14.0 Å². The molecule has 1 heterocycles. The molecule has 6 heteroatoms. The Morgan fingerprint density at radius 2 is 1.89 bits per heavy atom. The number of isocyanates is 1. The quantitative estimate of drug-likeness (QED) is 0.657. The van der Waals surface area contributed by atoms with E-state index in [1.165, 1.54) is 17.0 Å². The highest BCUT2D eigenvalue weighted by molar-refractivity contribution is 5.65. The van der Waals surface area contributed by atoms with Gasteiger partial charge in [-0.15, -0.1) is 0 Å². The van der Waals surface area contributed by atoms with Crippen molar-refractivity contribution in [2.45, 2.75) is 18.4 Å². The lowest BCUT2D eigenvalue weighted by atomic mass is 9.81. The largest absolute Gasteiger partial charge is 0.465 e. The number of carboxylic acid groups (broad SMARTS) is 1. The standard InChI is InChI=1S/C13H13FN2O3/c14-11-3-1-10(2-4-11)13(15-9-17)5-7-16(8-6-13)12(18)19/h1-4H,5-8H2,(H,18,19). The molecule has 19 heavy (non-hydrogen) atoms. The summed E-state index contributed by atoms with van der Waals surface area (Å²) >= 11 is 0. The summed E-state index contributed by atoms with van der Waals surface area (Å²) in [4.78, 5) is 26.7. The molecule has 0 aromatic heterocycles. The predicted octanol–water partition coefficient (Wildman–Crippen LogP) is 2.13. The van der Waals surface area contributed by atoms with Gasteiger partial charge < -0.3 is 10.0 Å². The van der Waals surface area contributed by atoms with E-state index in [4.69, 9.17) is 5.11 Å². The maximum absolute atomic E-state index is 12.9. The molecule has 2 rings (SSSR count). The van der Waals surface area contributed by atoms with Crippen LogP contribution in [0.15, 0.2) is 29.3 Å². The lowest BCUT2D eigenvalue weighted by Gasteiger charge is -2.37. The maximum atomic E-state index is 12.9. The average Bonchev–Trinajstić information content (AvgIpc) is 2.40. The number of amides is 1. The fourth-order valence-electron chi connectivity index (χ4n) is 2.38. The number of carbonyl (C=O) groups excluding carboxylic acids is 1. The third kappa shape index (κ3) is 2.63. The third-order valence-corrected chi connectivity index (χ3v) is 3.50. The van der Waals surface area contributed by atoms with E-state index in [0.717, 1.165) is 0 Å². The second-order valence-corrected chi connectivity index (χ2v) is 4.51. The van der Waals surface area contributed by atoms with Crippen LogP contribution < -0.4 is 0 Å². The van der Waals surface area contributed by atoms with Crippen molar-refractivity contribution >= 4 is 12.2 Å². The molecule has 0 aliphatic carbocycles. The van der Waals surface area contributed by atoms with Crippen LogP contribution in [-0.4, -0.2) is 35.3 Å². The van der Waals surface area contributed by atoms with Crippen molar-refractivity contribution in [3.8, 4) is 0 Å². The first-order valence-corrected chi connectivity index (χ1v) is 5.90. The Bertz CT molecular complexity index is 515. The van der Waals surface area contributed by atoms with Gasteiger partial charge in [-0.1, -0.05) is 12.1 Å². The van der Waals surface area contributed by atoms with Crippen LogP contribution >= 0.6 is 0 Å². The number of rotatable bonds is 2. The number of likely N-dealkylation sites (tertiary alicyclic amines) is 1. The third-order valence-electron chi connectivity index (χ3n) is 3.50. The molecule has 0 spiro atoms. The van der Waals surface area contributed by atoms with Crippen LogP contribution in [0, 0.1) is 5.82 Å². The highest BCUT2D eigenvalue weighted by atomic mass is 19.1. The van der Waals surface area contributed by atoms with Crippen LogP contribution in [0.1, 0.15) is 18.4 Å². The fourth-order valence-corrected chi connectivity index (χ4v) is 2.38. The van der Waals surface area contributed by atoms with Crippen molar-refractivity contribution in [3.05, 3.63) is 35.6 Å². The van der Waals surface area contributed by atoms with Crippen LogP contribution in [0.5, 0.6) is 0 Å². The maximum Gasteiger partial charge on any atom is 0.407 e. The van der Waals surface area contributed by atoms with Crippen LogP contribution in [0.25, 0.3) is 0 Å². The molecule has 1 aromatic rings. The summed E-state index contributed by atoms with van der Waals surface area (Å²) in [5.74, 6) is -0.364. The van der Waals surface area contributed by atoms with Crippen LogP contribution in [0.4, 0.5) is 9.18 Å². The van der Waals surface area contributed by atoms with Gasteiger partial charge in [0.1, 0.15) is 11.4 Å². The number of halogens is 1. The molecule has 1 N–H and O–H groups in total. The normalized spacial score (nSPS) is 17.6. The van der Waals surface area contributed by atoms with Gasteiger partial charge in [-0.05, 0) is 30.5 Å². The highest BCUT2D eigenvalue weighted by Gasteiger charge is 2.37. The first-order chi connectivity index (χ1) is 9.07. The van der Waals surface area contributed by atoms with Gasteiger partial charge in [0.15, 0.2) is 0 Å². The zero-order valence-electron chi connectivity index (χ0n) is 10.2. The molecule has 100 valence electrons. The Morgan fingerprint density at radius 3 is 2.37 bits per heavy atom. The molecule has 1 aliphatic rings. The van der Waals surface area contributed by atoms with E-state index >= 15 is 0 Å². The van der Waals surface area contributed by atoms with E-state index in [9.17, 15) is 14.0 Å². The van der Waals surface area contributed by atoms with Crippen molar-refractivity contribution in [3.63, 3.8) is 0 Å². The first-order valence-electron chi connectivity index (χ1n) is 5.90. The minimum atomic E-state index is -0.984. The summed E-state index contributed by atoms with van der Waals surface area (Å²) in [5, 5.41) is 8.91. The Morgan fingerprint density at radius 1 is 1.32 bits per heavy atom. The van der Waals surface area contributed by atoms with Crippen molar-refractivity contribution in [1.82, 2.24) is 4.90 Å². The Hall–Kier alpha value is -2.20. The molecule has 1 amide bonds. The van der Waals surface area contributed by atoms with Gasteiger partial charge in [-0.2, -0.15) is 4.99 Å². The van der Waals surface area contributed by atoms with E-state index in [-0.39, 0.29) is 18.9 Å². The van der Waals surface area contributed by atoms with Crippen LogP contribution in [0.3, 0.4) is 0 Å². The van der Waals surface area contributed by atoms with Crippen molar-refractivity contribution in [2.24, 2.45) is 4.99 Å². The number of piperidine rings is 1. The minimum absolute atomic E-state index is 0.290.